The predicted octanol–water partition coefficient (Wildman–Crippen LogP) is 2.69. The van der Waals surface area contributed by atoms with Crippen molar-refractivity contribution in [2.45, 2.75) is 6.54 Å². The van der Waals surface area contributed by atoms with E-state index < -0.39 is 23.3 Å². The second-order valence-corrected chi connectivity index (χ2v) is 4.45. The van der Waals surface area contributed by atoms with E-state index in [1.165, 1.54) is 18.2 Å². The maximum atomic E-state index is 13.7. The first-order valence-electron chi connectivity index (χ1n) is 5.97. The second-order valence-electron chi connectivity index (χ2n) is 4.45. The maximum Gasteiger partial charge on any atom is 0.299 e. The van der Waals surface area contributed by atoms with E-state index in [4.69, 9.17) is 0 Å². The lowest BCUT2D eigenvalue weighted by Gasteiger charge is -2.16. The minimum Gasteiger partial charge on any atom is -0.300 e. The lowest BCUT2D eigenvalue weighted by Crippen LogP contribution is -2.29. The first-order chi connectivity index (χ1) is 9.59. The van der Waals surface area contributed by atoms with Crippen LogP contribution >= 0.6 is 0 Å². The quantitative estimate of drug-likeness (QED) is 0.789. The number of amides is 1. The Hall–Kier alpha value is -2.56. The summed E-state index contributed by atoms with van der Waals surface area (Å²) >= 11 is 0. The van der Waals surface area contributed by atoms with Crippen molar-refractivity contribution in [2.75, 3.05) is 4.90 Å². The molecule has 0 aliphatic carbocycles. The molecule has 1 amide bonds. The van der Waals surface area contributed by atoms with Gasteiger partial charge in [-0.05, 0) is 18.2 Å². The van der Waals surface area contributed by atoms with Crippen LogP contribution in [0.15, 0.2) is 42.5 Å². The first kappa shape index (κ1) is 12.5. The molecule has 100 valence electrons. The second kappa shape index (κ2) is 4.52. The van der Waals surface area contributed by atoms with E-state index in [1.807, 2.05) is 0 Å². The third kappa shape index (κ3) is 1.79. The Bertz CT molecular complexity index is 728. The average molecular weight is 273 g/mol. The fourth-order valence-electron chi connectivity index (χ4n) is 2.25. The molecular formula is C15H9F2NO2. The lowest BCUT2D eigenvalue weighted by molar-refractivity contribution is -0.114. The Labute approximate surface area is 113 Å². The number of halogens is 2. The molecule has 0 fully saturated rings. The monoisotopic (exact) mass is 273 g/mol. The van der Waals surface area contributed by atoms with Gasteiger partial charge in [-0.3, -0.25) is 9.59 Å². The number of para-hydroxylation sites is 1. The number of carbonyl (C=O) groups is 2. The van der Waals surface area contributed by atoms with Gasteiger partial charge >= 0.3 is 0 Å². The molecule has 3 nitrogen and oxygen atoms in total. The molecule has 20 heavy (non-hydrogen) atoms. The van der Waals surface area contributed by atoms with Crippen LogP contribution in [0.4, 0.5) is 14.5 Å². The number of hydrogen-bond donors (Lipinski definition) is 0. The Morgan fingerprint density at radius 3 is 2.50 bits per heavy atom. The Kier molecular flexibility index (Phi) is 2.82. The number of nitrogens with zero attached hydrogens (tertiary/aromatic N) is 1. The molecule has 0 radical (unpaired) electrons. The van der Waals surface area contributed by atoms with Crippen LogP contribution in [-0.4, -0.2) is 11.7 Å². The van der Waals surface area contributed by atoms with Crippen molar-refractivity contribution in [1.82, 2.24) is 0 Å². The van der Waals surface area contributed by atoms with Crippen LogP contribution in [0.3, 0.4) is 0 Å². The summed E-state index contributed by atoms with van der Waals surface area (Å²) in [5.74, 6) is -3.34. The van der Waals surface area contributed by atoms with E-state index in [0.717, 1.165) is 11.0 Å². The molecule has 0 aromatic heterocycles. The van der Waals surface area contributed by atoms with Crippen molar-refractivity contribution in [3.63, 3.8) is 0 Å². The highest BCUT2D eigenvalue weighted by atomic mass is 19.2. The molecule has 0 saturated carbocycles. The van der Waals surface area contributed by atoms with Crippen molar-refractivity contribution in [2.24, 2.45) is 0 Å². The highest BCUT2D eigenvalue weighted by Crippen LogP contribution is 2.30. The Morgan fingerprint density at radius 1 is 0.950 bits per heavy atom. The largest absolute Gasteiger partial charge is 0.300 e. The maximum absolute atomic E-state index is 13.7. The highest BCUT2D eigenvalue weighted by Gasteiger charge is 2.35. The zero-order valence-corrected chi connectivity index (χ0v) is 10.3. The number of rotatable bonds is 2. The van der Waals surface area contributed by atoms with Gasteiger partial charge in [-0.2, -0.15) is 0 Å². The third-order valence-corrected chi connectivity index (χ3v) is 3.24. The zero-order valence-electron chi connectivity index (χ0n) is 10.3. The van der Waals surface area contributed by atoms with Crippen LogP contribution in [-0.2, 0) is 11.3 Å². The standard InChI is InChI=1S/C15H9F2NO2/c16-11-6-3-4-9(13(11)17)8-18-12-7-2-1-5-10(12)14(19)15(18)20/h1-7H,8H2. The summed E-state index contributed by atoms with van der Waals surface area (Å²) in [5.41, 5.74) is 0.739. The molecule has 2 aromatic carbocycles. The summed E-state index contributed by atoms with van der Waals surface area (Å²) in [5, 5.41) is 0. The molecule has 1 aliphatic rings. The van der Waals surface area contributed by atoms with Crippen LogP contribution in [0.25, 0.3) is 0 Å². The molecule has 3 rings (SSSR count). The van der Waals surface area contributed by atoms with E-state index in [-0.39, 0.29) is 17.7 Å². The number of carbonyl (C=O) groups excluding carboxylic acids is 2. The van der Waals surface area contributed by atoms with Gasteiger partial charge in [0.15, 0.2) is 11.6 Å². The Morgan fingerprint density at radius 2 is 1.70 bits per heavy atom. The summed E-state index contributed by atoms with van der Waals surface area (Å²) < 4.78 is 26.8. The minimum absolute atomic E-state index is 0.0304. The summed E-state index contributed by atoms with van der Waals surface area (Å²) in [6.07, 6.45) is 0. The number of hydrogen-bond acceptors (Lipinski definition) is 2. The van der Waals surface area contributed by atoms with Crippen molar-refractivity contribution in [3.8, 4) is 0 Å². The highest BCUT2D eigenvalue weighted by molar-refractivity contribution is 6.52. The zero-order chi connectivity index (χ0) is 14.3. The van der Waals surface area contributed by atoms with Crippen LogP contribution in [0.2, 0.25) is 0 Å². The molecule has 0 atom stereocenters. The number of benzene rings is 2. The molecule has 0 unspecified atom stereocenters. The topological polar surface area (TPSA) is 37.4 Å². The molecule has 0 bridgehead atoms. The predicted molar refractivity (Wildman–Crippen MR) is 68.3 cm³/mol. The third-order valence-electron chi connectivity index (χ3n) is 3.24. The summed E-state index contributed by atoms with van der Waals surface area (Å²) in [7, 11) is 0. The fourth-order valence-corrected chi connectivity index (χ4v) is 2.25. The first-order valence-corrected chi connectivity index (χ1v) is 5.97. The van der Waals surface area contributed by atoms with E-state index in [0.29, 0.717) is 5.69 Å². The molecule has 5 heteroatoms. The summed E-state index contributed by atoms with van der Waals surface area (Å²) in [6.45, 7) is -0.175. The Balaban J connectivity index is 2.01. The van der Waals surface area contributed by atoms with Crippen LogP contribution in [0.5, 0.6) is 0 Å². The number of ketones is 1. The van der Waals surface area contributed by atoms with Gasteiger partial charge < -0.3 is 4.90 Å². The van der Waals surface area contributed by atoms with E-state index in [9.17, 15) is 18.4 Å². The van der Waals surface area contributed by atoms with Gasteiger partial charge in [0.1, 0.15) is 0 Å². The van der Waals surface area contributed by atoms with Gasteiger partial charge in [-0.1, -0.05) is 24.3 Å². The number of fused-ring (bicyclic) bond motifs is 1. The molecule has 1 aliphatic heterocycles. The van der Waals surface area contributed by atoms with Gasteiger partial charge in [0.05, 0.1) is 17.8 Å². The van der Waals surface area contributed by atoms with E-state index in [2.05, 4.69) is 0 Å². The van der Waals surface area contributed by atoms with Gasteiger partial charge in [-0.15, -0.1) is 0 Å². The summed E-state index contributed by atoms with van der Waals surface area (Å²) in [4.78, 5) is 24.9. The molecular weight excluding hydrogens is 264 g/mol. The van der Waals surface area contributed by atoms with Gasteiger partial charge in [-0.25, -0.2) is 8.78 Å². The van der Waals surface area contributed by atoms with Crippen molar-refractivity contribution in [1.29, 1.82) is 0 Å². The van der Waals surface area contributed by atoms with Gasteiger partial charge in [0.2, 0.25) is 0 Å². The molecule has 0 N–H and O–H groups in total. The van der Waals surface area contributed by atoms with Crippen LogP contribution in [0.1, 0.15) is 15.9 Å². The van der Waals surface area contributed by atoms with Gasteiger partial charge in [0.25, 0.3) is 11.7 Å². The molecule has 2 aromatic rings. The minimum atomic E-state index is -1.00. The van der Waals surface area contributed by atoms with E-state index >= 15 is 0 Å². The molecule has 0 saturated heterocycles. The van der Waals surface area contributed by atoms with Crippen molar-refractivity contribution >= 4 is 17.4 Å². The van der Waals surface area contributed by atoms with E-state index in [1.54, 1.807) is 18.2 Å². The van der Waals surface area contributed by atoms with Crippen LogP contribution in [0, 0.1) is 11.6 Å². The number of anilines is 1. The smallest absolute Gasteiger partial charge is 0.299 e. The number of Topliss-reactive ketones (excluding diaryl/α,β-unsaturated/α-hetero) is 1. The molecule has 0 spiro atoms. The molecule has 1 heterocycles. The van der Waals surface area contributed by atoms with Crippen LogP contribution < -0.4 is 4.90 Å². The SMILES string of the molecule is O=C1C(=O)N(Cc2cccc(F)c2F)c2ccccc21. The van der Waals surface area contributed by atoms with Crippen molar-refractivity contribution < 1.29 is 18.4 Å². The lowest BCUT2D eigenvalue weighted by atomic mass is 10.1. The van der Waals surface area contributed by atoms with Crippen molar-refractivity contribution in [3.05, 3.63) is 65.2 Å². The fraction of sp³-hybridized carbons (Fsp3) is 0.0667. The van der Waals surface area contributed by atoms with Gasteiger partial charge in [0, 0.05) is 5.56 Å². The summed E-state index contributed by atoms with van der Waals surface area (Å²) in [6, 6.07) is 10.2. The average Bonchev–Trinajstić information content (AvgIpc) is 2.69. The normalized spacial score (nSPS) is 13.8.